The number of hydrogen-bond acceptors (Lipinski definition) is 3. The van der Waals surface area contributed by atoms with Gasteiger partial charge in [0.2, 0.25) is 0 Å². The Balaban J connectivity index is 1.95. The standard InChI is InChI=1S/C16H13NO3S/c18-21(19)20-16-8-4-5-12-11-14(9-10-15(12)16)17-13-6-2-1-3-7-13/h1-11,17H,(H,18,19). The normalized spacial score (nSPS) is 12.0. The van der Waals surface area contributed by atoms with E-state index in [2.05, 4.69) is 5.32 Å². The molecule has 5 heteroatoms. The third-order valence-electron chi connectivity index (χ3n) is 3.06. The van der Waals surface area contributed by atoms with Crippen LogP contribution in [0.5, 0.6) is 5.75 Å². The number of hydrogen-bond donors (Lipinski definition) is 2. The predicted molar refractivity (Wildman–Crippen MR) is 85.1 cm³/mol. The van der Waals surface area contributed by atoms with E-state index in [1.165, 1.54) is 0 Å². The average molecular weight is 299 g/mol. The molecule has 1 unspecified atom stereocenters. The van der Waals surface area contributed by atoms with E-state index in [1.54, 1.807) is 12.1 Å². The van der Waals surface area contributed by atoms with Crippen molar-refractivity contribution in [2.45, 2.75) is 0 Å². The second kappa shape index (κ2) is 5.95. The summed E-state index contributed by atoms with van der Waals surface area (Å²) in [6.45, 7) is 0. The first-order chi connectivity index (χ1) is 10.2. The van der Waals surface area contributed by atoms with Crippen LogP contribution in [0.15, 0.2) is 66.7 Å². The summed E-state index contributed by atoms with van der Waals surface area (Å²) in [6.07, 6.45) is 0. The highest BCUT2D eigenvalue weighted by atomic mass is 32.2. The van der Waals surface area contributed by atoms with Crippen LogP contribution in [0.1, 0.15) is 0 Å². The monoisotopic (exact) mass is 299 g/mol. The van der Waals surface area contributed by atoms with Crippen LogP contribution in [0.4, 0.5) is 11.4 Å². The fourth-order valence-electron chi connectivity index (χ4n) is 2.17. The summed E-state index contributed by atoms with van der Waals surface area (Å²) in [4.78, 5) is 0. The Morgan fingerprint density at radius 3 is 2.48 bits per heavy atom. The first-order valence-electron chi connectivity index (χ1n) is 6.36. The molecule has 1 atom stereocenters. The zero-order valence-corrected chi connectivity index (χ0v) is 11.8. The van der Waals surface area contributed by atoms with E-state index in [9.17, 15) is 4.21 Å². The number of para-hydroxylation sites is 1. The molecule has 0 bridgehead atoms. The summed E-state index contributed by atoms with van der Waals surface area (Å²) < 4.78 is 24.5. The summed E-state index contributed by atoms with van der Waals surface area (Å²) in [5, 5.41) is 5.03. The van der Waals surface area contributed by atoms with Gasteiger partial charge in [0.25, 0.3) is 0 Å². The molecule has 3 rings (SSSR count). The van der Waals surface area contributed by atoms with Gasteiger partial charge in [-0.1, -0.05) is 30.3 Å². The molecule has 106 valence electrons. The first kappa shape index (κ1) is 13.6. The van der Waals surface area contributed by atoms with Gasteiger partial charge in [0.05, 0.1) is 0 Å². The van der Waals surface area contributed by atoms with Gasteiger partial charge in [-0.15, -0.1) is 0 Å². The molecule has 2 N–H and O–H groups in total. The molecule has 0 heterocycles. The average Bonchev–Trinajstić information content (AvgIpc) is 2.48. The fraction of sp³-hybridized carbons (Fsp3) is 0. The largest absolute Gasteiger partial charge is 0.379 e. The SMILES string of the molecule is O=S(O)Oc1cccc2cc(Nc3ccccc3)ccc12. The summed E-state index contributed by atoms with van der Waals surface area (Å²) in [5.41, 5.74) is 1.94. The molecule has 0 saturated carbocycles. The van der Waals surface area contributed by atoms with Crippen molar-refractivity contribution in [2.75, 3.05) is 5.32 Å². The predicted octanol–water partition coefficient (Wildman–Crippen LogP) is 4.10. The molecule has 0 radical (unpaired) electrons. The molecule has 3 aromatic carbocycles. The maximum atomic E-state index is 10.8. The molecule has 0 aliphatic rings. The van der Waals surface area contributed by atoms with E-state index in [4.69, 9.17) is 8.74 Å². The minimum Gasteiger partial charge on any atom is -0.379 e. The van der Waals surface area contributed by atoms with E-state index in [0.29, 0.717) is 5.75 Å². The van der Waals surface area contributed by atoms with Crippen LogP contribution >= 0.6 is 0 Å². The van der Waals surface area contributed by atoms with Gasteiger partial charge in [0, 0.05) is 16.8 Å². The lowest BCUT2D eigenvalue weighted by atomic mass is 10.1. The fourth-order valence-corrected chi connectivity index (χ4v) is 2.47. The van der Waals surface area contributed by atoms with Crippen LogP contribution < -0.4 is 9.50 Å². The summed E-state index contributed by atoms with van der Waals surface area (Å²) in [6, 6.07) is 21.0. The van der Waals surface area contributed by atoms with Crippen molar-refractivity contribution in [1.82, 2.24) is 0 Å². The first-order valence-corrected chi connectivity index (χ1v) is 7.39. The smallest absolute Gasteiger partial charge is 0.357 e. The van der Waals surface area contributed by atoms with E-state index in [0.717, 1.165) is 22.1 Å². The van der Waals surface area contributed by atoms with Gasteiger partial charge >= 0.3 is 11.4 Å². The van der Waals surface area contributed by atoms with Gasteiger partial charge in [0.15, 0.2) is 0 Å². The van der Waals surface area contributed by atoms with E-state index < -0.39 is 11.4 Å². The van der Waals surface area contributed by atoms with Crippen molar-refractivity contribution >= 4 is 33.5 Å². The van der Waals surface area contributed by atoms with Gasteiger partial charge in [-0.05, 0) is 41.8 Å². The molecule has 0 saturated heterocycles. The maximum Gasteiger partial charge on any atom is 0.357 e. The second-order valence-corrected chi connectivity index (χ2v) is 5.08. The van der Waals surface area contributed by atoms with Crippen LogP contribution in [-0.4, -0.2) is 8.76 Å². The van der Waals surface area contributed by atoms with Crippen molar-refractivity contribution < 1.29 is 12.9 Å². The quantitative estimate of drug-likeness (QED) is 0.712. The molecule has 0 aromatic heterocycles. The van der Waals surface area contributed by atoms with Gasteiger partial charge in [-0.25, -0.2) is 0 Å². The van der Waals surface area contributed by atoms with Crippen LogP contribution in [0, 0.1) is 0 Å². The van der Waals surface area contributed by atoms with Crippen molar-refractivity contribution in [3.8, 4) is 5.75 Å². The van der Waals surface area contributed by atoms with Crippen molar-refractivity contribution in [1.29, 1.82) is 0 Å². The molecular weight excluding hydrogens is 286 g/mol. The number of benzene rings is 3. The van der Waals surface area contributed by atoms with E-state index in [-0.39, 0.29) is 0 Å². The summed E-state index contributed by atoms with van der Waals surface area (Å²) in [7, 11) is 0. The minimum absolute atomic E-state index is 0.389. The Labute approximate surface area is 124 Å². The van der Waals surface area contributed by atoms with Gasteiger partial charge in [-0.2, -0.15) is 4.21 Å². The lowest BCUT2D eigenvalue weighted by Crippen LogP contribution is -1.98. The van der Waals surface area contributed by atoms with Crippen molar-refractivity contribution in [3.63, 3.8) is 0 Å². The highest BCUT2D eigenvalue weighted by molar-refractivity contribution is 7.74. The number of rotatable bonds is 4. The Hall–Kier alpha value is -2.37. The Morgan fingerprint density at radius 1 is 0.905 bits per heavy atom. The topological polar surface area (TPSA) is 58.6 Å². The van der Waals surface area contributed by atoms with Gasteiger partial charge < -0.3 is 9.50 Å². The van der Waals surface area contributed by atoms with Crippen LogP contribution in [0.25, 0.3) is 10.8 Å². The maximum absolute atomic E-state index is 10.8. The lowest BCUT2D eigenvalue weighted by Gasteiger charge is -2.09. The number of fused-ring (bicyclic) bond motifs is 1. The highest BCUT2D eigenvalue weighted by Crippen LogP contribution is 2.29. The summed E-state index contributed by atoms with van der Waals surface area (Å²) in [5.74, 6) is 0.389. The molecule has 0 spiro atoms. The molecule has 4 nitrogen and oxygen atoms in total. The molecule has 0 amide bonds. The van der Waals surface area contributed by atoms with Crippen molar-refractivity contribution in [3.05, 3.63) is 66.7 Å². The van der Waals surface area contributed by atoms with Gasteiger partial charge in [0.1, 0.15) is 5.75 Å². The Kier molecular flexibility index (Phi) is 3.85. The molecule has 0 aliphatic heterocycles. The number of anilines is 2. The molecule has 0 aliphatic carbocycles. The van der Waals surface area contributed by atoms with Crippen LogP contribution in [-0.2, 0) is 11.4 Å². The number of nitrogens with one attached hydrogen (secondary N) is 1. The van der Waals surface area contributed by atoms with Gasteiger partial charge in [-0.3, -0.25) is 4.55 Å². The Morgan fingerprint density at radius 2 is 1.71 bits per heavy atom. The molecule has 3 aromatic rings. The van der Waals surface area contributed by atoms with E-state index in [1.807, 2.05) is 54.6 Å². The lowest BCUT2D eigenvalue weighted by molar-refractivity contribution is 0.460. The Bertz CT molecular complexity index is 790. The van der Waals surface area contributed by atoms with Crippen LogP contribution in [0.3, 0.4) is 0 Å². The zero-order chi connectivity index (χ0) is 14.7. The third-order valence-corrected chi connectivity index (χ3v) is 3.39. The minimum atomic E-state index is -2.33. The highest BCUT2D eigenvalue weighted by Gasteiger charge is 2.05. The van der Waals surface area contributed by atoms with Crippen molar-refractivity contribution in [2.24, 2.45) is 0 Å². The molecular formula is C16H13NO3S. The molecule has 21 heavy (non-hydrogen) atoms. The van der Waals surface area contributed by atoms with Crippen LogP contribution in [0.2, 0.25) is 0 Å². The molecule has 0 fully saturated rings. The van der Waals surface area contributed by atoms with E-state index >= 15 is 0 Å². The third kappa shape index (κ3) is 3.21. The zero-order valence-electron chi connectivity index (χ0n) is 11.0. The summed E-state index contributed by atoms with van der Waals surface area (Å²) >= 11 is -2.33. The second-order valence-electron chi connectivity index (χ2n) is 4.48.